The van der Waals surface area contributed by atoms with Crippen LogP contribution >= 0.6 is 0 Å². The van der Waals surface area contributed by atoms with Crippen LogP contribution in [0, 0.1) is 0 Å². The molecule has 3 aromatic rings. The predicted molar refractivity (Wildman–Crippen MR) is 95.2 cm³/mol. The minimum atomic E-state index is -3.82. The van der Waals surface area contributed by atoms with Crippen molar-refractivity contribution >= 4 is 26.5 Å². The Morgan fingerprint density at radius 1 is 1.08 bits per heavy atom. The molecule has 0 aliphatic carbocycles. The molecule has 25 heavy (non-hydrogen) atoms. The molecule has 2 aromatic carbocycles. The number of aliphatic hydroxyl groups is 1. The quantitative estimate of drug-likeness (QED) is 0.748. The highest BCUT2D eigenvalue weighted by Crippen LogP contribution is 2.36. The Morgan fingerprint density at radius 3 is 2.68 bits per heavy atom. The van der Waals surface area contributed by atoms with Crippen LogP contribution in [0.5, 0.6) is 0 Å². The first-order chi connectivity index (χ1) is 12.0. The van der Waals surface area contributed by atoms with Crippen LogP contribution in [0.3, 0.4) is 0 Å². The third kappa shape index (κ3) is 2.35. The zero-order chi connectivity index (χ0) is 17.6. The molecule has 0 atom stereocenters. The van der Waals surface area contributed by atoms with E-state index in [0.29, 0.717) is 29.4 Å². The molecule has 1 aliphatic rings. The van der Waals surface area contributed by atoms with Crippen molar-refractivity contribution in [1.82, 2.24) is 4.98 Å². The third-order valence-corrected chi connectivity index (χ3v) is 6.47. The molecule has 6 nitrogen and oxygen atoms in total. The Hall–Kier alpha value is -2.64. The van der Waals surface area contributed by atoms with Crippen molar-refractivity contribution in [2.24, 2.45) is 0 Å². The molecule has 0 fully saturated rings. The lowest BCUT2D eigenvalue weighted by atomic mass is 10.1. The molecule has 1 aliphatic heterocycles. The first-order valence-corrected chi connectivity index (χ1v) is 9.33. The van der Waals surface area contributed by atoms with E-state index in [-0.39, 0.29) is 17.1 Å². The molecule has 2 N–H and O–H groups in total. The van der Waals surface area contributed by atoms with Crippen LogP contribution in [-0.2, 0) is 23.1 Å². The van der Waals surface area contributed by atoms with E-state index in [1.165, 1.54) is 16.6 Å². The molecule has 128 valence electrons. The molecular weight excluding hydrogens is 340 g/mol. The summed E-state index contributed by atoms with van der Waals surface area (Å²) in [5.74, 6) is 0. The summed E-state index contributed by atoms with van der Waals surface area (Å²) in [7, 11) is -3.82. The molecule has 0 bridgehead atoms. The van der Waals surface area contributed by atoms with E-state index in [0.717, 1.165) is 11.1 Å². The van der Waals surface area contributed by atoms with Crippen LogP contribution in [0.1, 0.15) is 11.1 Å². The number of fused-ring (bicyclic) bond motifs is 2. The van der Waals surface area contributed by atoms with E-state index in [2.05, 4.69) is 4.98 Å². The average Bonchev–Trinajstić information content (AvgIpc) is 3.06. The molecule has 0 unspecified atom stereocenters. The molecule has 2 heterocycles. The molecule has 0 spiro atoms. The number of aliphatic hydroxyl groups excluding tert-OH is 1. The Bertz CT molecular complexity index is 1140. The van der Waals surface area contributed by atoms with Crippen LogP contribution in [0.25, 0.3) is 10.8 Å². The molecule has 1 aromatic heterocycles. The number of hydrogen-bond donors (Lipinski definition) is 2. The van der Waals surface area contributed by atoms with Gasteiger partial charge in [0.2, 0.25) is 0 Å². The molecule has 0 amide bonds. The van der Waals surface area contributed by atoms with Crippen molar-refractivity contribution in [2.45, 2.75) is 17.9 Å². The van der Waals surface area contributed by atoms with Gasteiger partial charge in [-0.3, -0.25) is 9.10 Å². The molecule has 4 rings (SSSR count). The molecule has 0 radical (unpaired) electrons. The van der Waals surface area contributed by atoms with E-state index in [4.69, 9.17) is 0 Å². The highest BCUT2D eigenvalue weighted by Gasteiger charge is 2.32. The van der Waals surface area contributed by atoms with Crippen LogP contribution < -0.4 is 9.86 Å². The summed E-state index contributed by atoms with van der Waals surface area (Å²) in [5.41, 5.74) is 1.86. The topological polar surface area (TPSA) is 90.5 Å². The number of rotatable bonds is 3. The van der Waals surface area contributed by atoms with Gasteiger partial charge in [0.05, 0.1) is 17.2 Å². The van der Waals surface area contributed by atoms with Gasteiger partial charge in [0.15, 0.2) is 0 Å². The number of aromatic amines is 1. The summed E-state index contributed by atoms with van der Waals surface area (Å²) in [6.07, 6.45) is 2.00. The maximum Gasteiger partial charge on any atom is 0.264 e. The summed E-state index contributed by atoms with van der Waals surface area (Å²) in [6, 6.07) is 11.6. The van der Waals surface area contributed by atoms with Gasteiger partial charge in [-0.05, 0) is 41.8 Å². The molecular formula is C18H16N2O4S. The molecule has 0 saturated heterocycles. The second kappa shape index (κ2) is 5.72. The van der Waals surface area contributed by atoms with Gasteiger partial charge in [-0.15, -0.1) is 0 Å². The van der Waals surface area contributed by atoms with Crippen LogP contribution in [-0.4, -0.2) is 25.1 Å². The first kappa shape index (κ1) is 15.9. The van der Waals surface area contributed by atoms with Gasteiger partial charge in [0.1, 0.15) is 0 Å². The van der Waals surface area contributed by atoms with Crippen molar-refractivity contribution in [2.75, 3.05) is 10.8 Å². The standard InChI is InChI=1S/C18H16N2O4S/c21-11-12-3-1-5-16-13(12)8-10-20(16)25(23,24)17-6-2-4-15-14(17)7-9-19-18(15)22/h1-7,9,21H,8,10-11H2,(H,19,22). The van der Waals surface area contributed by atoms with Crippen LogP contribution in [0.15, 0.2) is 58.4 Å². The number of anilines is 1. The van der Waals surface area contributed by atoms with Gasteiger partial charge >= 0.3 is 0 Å². The van der Waals surface area contributed by atoms with Gasteiger partial charge in [0, 0.05) is 23.5 Å². The van der Waals surface area contributed by atoms with E-state index in [9.17, 15) is 18.3 Å². The summed E-state index contributed by atoms with van der Waals surface area (Å²) in [4.78, 5) is 14.6. The lowest BCUT2D eigenvalue weighted by molar-refractivity contribution is 0.281. The van der Waals surface area contributed by atoms with E-state index in [1.807, 2.05) is 0 Å². The van der Waals surface area contributed by atoms with E-state index < -0.39 is 10.0 Å². The van der Waals surface area contributed by atoms with Crippen molar-refractivity contribution in [1.29, 1.82) is 0 Å². The maximum atomic E-state index is 13.3. The normalized spacial score (nSPS) is 14.0. The number of H-pyrrole nitrogens is 1. The fraction of sp³-hybridized carbons (Fsp3) is 0.167. The SMILES string of the molecule is O=c1[nH]ccc2c(S(=O)(=O)N3CCc4c(CO)cccc43)cccc12. The van der Waals surface area contributed by atoms with Gasteiger partial charge in [-0.1, -0.05) is 18.2 Å². The van der Waals surface area contributed by atoms with Gasteiger partial charge in [-0.2, -0.15) is 0 Å². The molecule has 0 saturated carbocycles. The predicted octanol–water partition coefficient (Wildman–Crippen LogP) is 1.77. The fourth-order valence-electron chi connectivity index (χ4n) is 3.41. The second-order valence-corrected chi connectivity index (χ2v) is 7.76. The number of benzene rings is 2. The highest BCUT2D eigenvalue weighted by atomic mass is 32.2. The number of aromatic nitrogens is 1. The Labute approximate surface area is 144 Å². The third-order valence-electron chi connectivity index (χ3n) is 4.60. The van der Waals surface area contributed by atoms with Crippen LogP contribution in [0.2, 0.25) is 0 Å². The van der Waals surface area contributed by atoms with Gasteiger partial charge in [-0.25, -0.2) is 8.42 Å². The van der Waals surface area contributed by atoms with Crippen molar-refractivity contribution in [3.63, 3.8) is 0 Å². The van der Waals surface area contributed by atoms with Crippen molar-refractivity contribution in [3.05, 3.63) is 70.1 Å². The number of nitrogens with one attached hydrogen (secondary N) is 1. The van der Waals surface area contributed by atoms with Crippen molar-refractivity contribution < 1.29 is 13.5 Å². The van der Waals surface area contributed by atoms with E-state index in [1.54, 1.807) is 36.4 Å². The van der Waals surface area contributed by atoms with Gasteiger partial charge < -0.3 is 10.1 Å². The summed E-state index contributed by atoms with van der Waals surface area (Å²) in [6.45, 7) is 0.189. The van der Waals surface area contributed by atoms with Gasteiger partial charge in [0.25, 0.3) is 15.6 Å². The van der Waals surface area contributed by atoms with Crippen LogP contribution in [0.4, 0.5) is 5.69 Å². The lowest BCUT2D eigenvalue weighted by Gasteiger charge is -2.21. The number of hydrogen-bond acceptors (Lipinski definition) is 4. The zero-order valence-corrected chi connectivity index (χ0v) is 14.1. The Kier molecular flexibility index (Phi) is 3.63. The first-order valence-electron chi connectivity index (χ1n) is 7.89. The highest BCUT2D eigenvalue weighted by molar-refractivity contribution is 7.93. The fourth-order valence-corrected chi connectivity index (χ4v) is 5.12. The second-order valence-electron chi connectivity index (χ2n) is 5.92. The zero-order valence-electron chi connectivity index (χ0n) is 13.3. The minimum absolute atomic E-state index is 0.110. The number of sulfonamides is 1. The number of nitrogens with zero attached hydrogens (tertiary/aromatic N) is 1. The monoisotopic (exact) mass is 356 g/mol. The lowest BCUT2D eigenvalue weighted by Crippen LogP contribution is -2.29. The number of pyridine rings is 1. The molecule has 7 heteroatoms. The minimum Gasteiger partial charge on any atom is -0.392 e. The summed E-state index contributed by atoms with van der Waals surface area (Å²) < 4.78 is 27.9. The smallest absolute Gasteiger partial charge is 0.264 e. The summed E-state index contributed by atoms with van der Waals surface area (Å²) in [5, 5.41) is 10.2. The Morgan fingerprint density at radius 2 is 1.88 bits per heavy atom. The van der Waals surface area contributed by atoms with E-state index >= 15 is 0 Å². The largest absolute Gasteiger partial charge is 0.392 e. The Balaban J connectivity index is 1.92. The van der Waals surface area contributed by atoms with Crippen molar-refractivity contribution in [3.8, 4) is 0 Å². The average molecular weight is 356 g/mol. The maximum absolute atomic E-state index is 13.3. The summed E-state index contributed by atoms with van der Waals surface area (Å²) >= 11 is 0.